The lowest BCUT2D eigenvalue weighted by atomic mass is 9.96. The number of carbonyl (C=O) groups excluding carboxylic acids is 1. The van der Waals surface area contributed by atoms with Crippen molar-refractivity contribution in [1.29, 1.82) is 0 Å². The van der Waals surface area contributed by atoms with Crippen LogP contribution in [0.4, 0.5) is 5.13 Å². The minimum Gasteiger partial charge on any atom is -0.282 e. The minimum atomic E-state index is -3.23. The maximum Gasteiger partial charge on any atom is 0.232 e. The summed E-state index contributed by atoms with van der Waals surface area (Å²) < 4.78 is 26.2. The van der Waals surface area contributed by atoms with E-state index in [0.29, 0.717) is 37.6 Å². The Morgan fingerprint density at radius 3 is 2.61 bits per heavy atom. The number of aryl methyl sites for hydroxylation is 1. The average Bonchev–Trinajstić information content (AvgIpc) is 3.21. The summed E-state index contributed by atoms with van der Waals surface area (Å²) in [4.78, 5) is 24.6. The second-order valence-corrected chi connectivity index (χ2v) is 10.8. The fourth-order valence-corrected chi connectivity index (χ4v) is 5.84. The second-order valence-electron chi connectivity index (χ2n) is 7.80. The fraction of sp³-hybridized carbons (Fsp3) is 0.409. The highest BCUT2D eigenvalue weighted by Gasteiger charge is 2.33. The van der Waals surface area contributed by atoms with Crippen molar-refractivity contribution < 1.29 is 13.2 Å². The van der Waals surface area contributed by atoms with E-state index < -0.39 is 10.0 Å². The van der Waals surface area contributed by atoms with Crippen LogP contribution in [-0.2, 0) is 27.8 Å². The molecule has 0 saturated carbocycles. The van der Waals surface area contributed by atoms with E-state index in [0.717, 1.165) is 27.9 Å². The number of amides is 1. The molecule has 7 nitrogen and oxygen atoms in total. The van der Waals surface area contributed by atoms with Crippen molar-refractivity contribution in [3.63, 3.8) is 0 Å². The summed E-state index contributed by atoms with van der Waals surface area (Å²) >= 11 is 1.51. The van der Waals surface area contributed by atoms with Crippen molar-refractivity contribution >= 4 is 42.6 Å². The van der Waals surface area contributed by atoms with Gasteiger partial charge in [-0.15, -0.1) is 0 Å². The normalized spacial score (nSPS) is 15.9. The number of hydrogen-bond acceptors (Lipinski definition) is 6. The van der Waals surface area contributed by atoms with Gasteiger partial charge in [-0.05, 0) is 43.0 Å². The van der Waals surface area contributed by atoms with Crippen LogP contribution in [0.3, 0.4) is 0 Å². The van der Waals surface area contributed by atoms with E-state index in [2.05, 4.69) is 18.0 Å². The summed E-state index contributed by atoms with van der Waals surface area (Å²) in [6.45, 7) is 3.17. The standard InChI is InChI=1S/C22H26N4O3S2/c1-3-16-7-6-9-19-20(16)24-22(30-19)26(15-18-8-4-5-12-23-18)21(27)17-10-13-25(14-11-17)31(2,28)29/h4-9,12,17H,3,10-11,13-15H2,1-2H3. The average molecular weight is 459 g/mol. The molecule has 0 spiro atoms. The summed E-state index contributed by atoms with van der Waals surface area (Å²) in [5, 5.41) is 0.664. The van der Waals surface area contributed by atoms with Gasteiger partial charge in [-0.2, -0.15) is 0 Å². The molecule has 3 heterocycles. The molecular weight excluding hydrogens is 432 g/mol. The molecule has 9 heteroatoms. The first kappa shape index (κ1) is 21.9. The summed E-state index contributed by atoms with van der Waals surface area (Å²) in [7, 11) is -3.23. The Bertz CT molecular complexity index is 1170. The number of piperidine rings is 1. The zero-order chi connectivity index (χ0) is 22.0. The highest BCUT2D eigenvalue weighted by molar-refractivity contribution is 7.88. The Morgan fingerprint density at radius 2 is 1.97 bits per heavy atom. The fourth-order valence-electron chi connectivity index (χ4n) is 3.94. The predicted molar refractivity (Wildman–Crippen MR) is 124 cm³/mol. The number of benzene rings is 1. The van der Waals surface area contributed by atoms with Crippen molar-refractivity contribution in [2.45, 2.75) is 32.7 Å². The molecule has 0 bridgehead atoms. The molecular formula is C22H26N4O3S2. The molecule has 31 heavy (non-hydrogen) atoms. The van der Waals surface area contributed by atoms with Crippen molar-refractivity contribution in [2.24, 2.45) is 5.92 Å². The Balaban J connectivity index is 1.64. The zero-order valence-electron chi connectivity index (χ0n) is 17.7. The third-order valence-corrected chi connectivity index (χ3v) is 8.03. The molecule has 1 aromatic carbocycles. The van der Waals surface area contributed by atoms with Gasteiger partial charge in [0.25, 0.3) is 0 Å². The van der Waals surface area contributed by atoms with E-state index in [1.165, 1.54) is 21.9 Å². The van der Waals surface area contributed by atoms with Crippen LogP contribution in [0.5, 0.6) is 0 Å². The molecule has 1 saturated heterocycles. The van der Waals surface area contributed by atoms with Crippen LogP contribution >= 0.6 is 11.3 Å². The molecule has 1 aliphatic rings. The maximum absolute atomic E-state index is 13.6. The number of sulfonamides is 1. The molecule has 3 aromatic rings. The van der Waals surface area contributed by atoms with Gasteiger partial charge in [-0.1, -0.05) is 36.5 Å². The highest BCUT2D eigenvalue weighted by atomic mass is 32.2. The third-order valence-electron chi connectivity index (χ3n) is 5.69. The smallest absolute Gasteiger partial charge is 0.232 e. The Labute approximate surface area is 186 Å². The van der Waals surface area contributed by atoms with Crippen LogP contribution in [0, 0.1) is 5.92 Å². The van der Waals surface area contributed by atoms with Crippen LogP contribution in [0.15, 0.2) is 42.6 Å². The molecule has 1 amide bonds. The van der Waals surface area contributed by atoms with Crippen LogP contribution < -0.4 is 4.90 Å². The first-order chi connectivity index (χ1) is 14.9. The molecule has 0 aliphatic carbocycles. The van der Waals surface area contributed by atoms with Crippen molar-refractivity contribution in [3.05, 3.63) is 53.9 Å². The van der Waals surface area contributed by atoms with Gasteiger partial charge >= 0.3 is 0 Å². The summed E-state index contributed by atoms with van der Waals surface area (Å²) in [5.41, 5.74) is 2.89. The lowest BCUT2D eigenvalue weighted by Gasteiger charge is -2.32. The summed E-state index contributed by atoms with van der Waals surface area (Å²) in [6.07, 6.45) is 4.83. The molecule has 2 aromatic heterocycles. The van der Waals surface area contributed by atoms with Gasteiger partial charge in [0.2, 0.25) is 15.9 Å². The predicted octanol–water partition coefficient (Wildman–Crippen LogP) is 3.46. The van der Waals surface area contributed by atoms with Gasteiger partial charge in [0, 0.05) is 25.2 Å². The van der Waals surface area contributed by atoms with Crippen LogP contribution in [0.2, 0.25) is 0 Å². The second kappa shape index (κ2) is 9.02. The lowest BCUT2D eigenvalue weighted by Crippen LogP contribution is -2.44. The topological polar surface area (TPSA) is 83.5 Å². The molecule has 164 valence electrons. The van der Waals surface area contributed by atoms with Gasteiger partial charge in [0.1, 0.15) is 0 Å². The first-order valence-electron chi connectivity index (χ1n) is 10.4. The van der Waals surface area contributed by atoms with Gasteiger partial charge < -0.3 is 0 Å². The van der Waals surface area contributed by atoms with Crippen molar-refractivity contribution in [1.82, 2.24) is 14.3 Å². The number of thiazole rings is 1. The van der Waals surface area contributed by atoms with E-state index in [-0.39, 0.29) is 11.8 Å². The number of carbonyl (C=O) groups is 1. The SMILES string of the molecule is CCc1cccc2sc(N(Cc3ccccn3)C(=O)C3CCN(S(C)(=O)=O)CC3)nc12. The monoisotopic (exact) mass is 458 g/mol. The summed E-state index contributed by atoms with van der Waals surface area (Å²) in [5.74, 6) is -0.254. The Morgan fingerprint density at radius 1 is 1.19 bits per heavy atom. The zero-order valence-corrected chi connectivity index (χ0v) is 19.3. The maximum atomic E-state index is 13.6. The van der Waals surface area contributed by atoms with E-state index >= 15 is 0 Å². The molecule has 1 aliphatic heterocycles. The van der Waals surface area contributed by atoms with Crippen molar-refractivity contribution in [2.75, 3.05) is 24.2 Å². The Hall–Kier alpha value is -2.36. The number of hydrogen-bond donors (Lipinski definition) is 0. The lowest BCUT2D eigenvalue weighted by molar-refractivity contribution is -0.123. The molecule has 0 unspecified atom stereocenters. The van der Waals surface area contributed by atoms with Gasteiger partial charge in [0.05, 0.1) is 28.7 Å². The molecule has 1 fully saturated rings. The highest BCUT2D eigenvalue weighted by Crippen LogP contribution is 2.33. The number of aromatic nitrogens is 2. The quantitative estimate of drug-likeness (QED) is 0.565. The molecule has 0 radical (unpaired) electrons. The van der Waals surface area contributed by atoms with Crippen LogP contribution in [-0.4, -0.2) is 47.9 Å². The third kappa shape index (κ3) is 4.78. The number of fused-ring (bicyclic) bond motifs is 1. The molecule has 4 rings (SSSR count). The van der Waals surface area contributed by atoms with Gasteiger partial charge in [-0.3, -0.25) is 14.7 Å². The number of para-hydroxylation sites is 1. The van der Waals surface area contributed by atoms with Crippen molar-refractivity contribution in [3.8, 4) is 0 Å². The van der Waals surface area contributed by atoms with Crippen LogP contribution in [0.25, 0.3) is 10.2 Å². The van der Waals surface area contributed by atoms with E-state index in [9.17, 15) is 13.2 Å². The summed E-state index contributed by atoms with van der Waals surface area (Å²) in [6, 6.07) is 11.8. The van der Waals surface area contributed by atoms with E-state index in [4.69, 9.17) is 4.98 Å². The number of anilines is 1. The number of nitrogens with zero attached hydrogens (tertiary/aromatic N) is 4. The minimum absolute atomic E-state index is 0.0177. The largest absolute Gasteiger partial charge is 0.282 e. The molecule has 0 N–H and O–H groups in total. The van der Waals surface area contributed by atoms with E-state index in [1.54, 1.807) is 11.1 Å². The molecule has 0 atom stereocenters. The van der Waals surface area contributed by atoms with Gasteiger partial charge in [0.15, 0.2) is 5.13 Å². The van der Waals surface area contributed by atoms with Crippen LogP contribution in [0.1, 0.15) is 31.0 Å². The number of pyridine rings is 1. The van der Waals surface area contributed by atoms with E-state index in [1.807, 2.05) is 30.3 Å². The first-order valence-corrected chi connectivity index (χ1v) is 13.1. The Kier molecular flexibility index (Phi) is 6.36. The van der Waals surface area contributed by atoms with Gasteiger partial charge in [-0.25, -0.2) is 17.7 Å². The number of rotatable bonds is 6.